The van der Waals surface area contributed by atoms with Crippen LogP contribution in [0.15, 0.2) is 36.4 Å². The molecule has 0 bridgehead atoms. The molecule has 3 N–H and O–H groups in total. The minimum atomic E-state index is -1.21. The van der Waals surface area contributed by atoms with E-state index in [1.165, 1.54) is 24.3 Å². The number of aromatic hydroxyl groups is 1. The predicted octanol–water partition coefficient (Wildman–Crippen LogP) is 1.14. The van der Waals surface area contributed by atoms with Crippen molar-refractivity contribution in [3.8, 4) is 5.75 Å². The standard InChI is InChI=1S/C19H15NO7/c21-14-6-10(7-20(8-15(22)23)9-16(24)25)5-13-17(14)19(27)12-4-2-1-3-11(12)18(13)26/h1-6,21H,7-9H2,(H,22,23)(H,24,25). The van der Waals surface area contributed by atoms with E-state index in [1.807, 2.05) is 0 Å². The van der Waals surface area contributed by atoms with Crippen molar-refractivity contribution in [2.24, 2.45) is 0 Å². The van der Waals surface area contributed by atoms with Gasteiger partial charge in [-0.25, -0.2) is 0 Å². The maximum absolute atomic E-state index is 12.7. The Hall–Kier alpha value is -3.52. The van der Waals surface area contributed by atoms with Gasteiger partial charge in [-0.2, -0.15) is 0 Å². The summed E-state index contributed by atoms with van der Waals surface area (Å²) in [6.07, 6.45) is 0. The van der Waals surface area contributed by atoms with Crippen molar-refractivity contribution in [1.82, 2.24) is 4.90 Å². The first-order valence-corrected chi connectivity index (χ1v) is 7.98. The van der Waals surface area contributed by atoms with Crippen molar-refractivity contribution in [2.75, 3.05) is 13.1 Å². The van der Waals surface area contributed by atoms with Gasteiger partial charge in [-0.15, -0.1) is 0 Å². The molecule has 0 spiro atoms. The van der Waals surface area contributed by atoms with Gasteiger partial charge < -0.3 is 15.3 Å². The number of nitrogens with zero attached hydrogens (tertiary/aromatic N) is 1. The molecule has 2 aromatic rings. The number of phenols is 1. The van der Waals surface area contributed by atoms with Gasteiger partial charge in [0.1, 0.15) is 5.75 Å². The molecular weight excluding hydrogens is 354 g/mol. The highest BCUT2D eigenvalue weighted by molar-refractivity contribution is 6.29. The van der Waals surface area contributed by atoms with Crippen LogP contribution in [0.3, 0.4) is 0 Å². The number of phenolic OH excluding ortho intramolecular Hbond substituents is 1. The van der Waals surface area contributed by atoms with Crippen molar-refractivity contribution >= 4 is 23.5 Å². The minimum absolute atomic E-state index is 0.0132. The van der Waals surface area contributed by atoms with Crippen LogP contribution in [0.4, 0.5) is 0 Å². The number of fused-ring (bicyclic) bond motifs is 2. The summed E-state index contributed by atoms with van der Waals surface area (Å²) in [5.74, 6) is -3.73. The molecule has 8 heteroatoms. The molecule has 1 aliphatic rings. The maximum Gasteiger partial charge on any atom is 0.317 e. The summed E-state index contributed by atoms with van der Waals surface area (Å²) in [5, 5.41) is 28.2. The first-order chi connectivity index (χ1) is 12.8. The van der Waals surface area contributed by atoms with Gasteiger partial charge >= 0.3 is 11.9 Å². The van der Waals surface area contributed by atoms with Gasteiger partial charge in [0.05, 0.1) is 18.7 Å². The Bertz CT molecular complexity index is 964. The second-order valence-electron chi connectivity index (χ2n) is 6.17. The van der Waals surface area contributed by atoms with Gasteiger partial charge in [-0.05, 0) is 17.7 Å². The molecule has 0 atom stereocenters. The van der Waals surface area contributed by atoms with E-state index in [2.05, 4.69) is 0 Å². The molecule has 0 saturated carbocycles. The molecule has 1 aliphatic carbocycles. The van der Waals surface area contributed by atoms with E-state index in [9.17, 15) is 24.3 Å². The maximum atomic E-state index is 12.7. The zero-order chi connectivity index (χ0) is 19.7. The highest BCUT2D eigenvalue weighted by Crippen LogP contribution is 2.34. The van der Waals surface area contributed by atoms with Crippen LogP contribution in [0, 0.1) is 0 Å². The van der Waals surface area contributed by atoms with Crippen molar-refractivity contribution in [1.29, 1.82) is 0 Å². The zero-order valence-corrected chi connectivity index (χ0v) is 14.0. The summed E-state index contributed by atoms with van der Waals surface area (Å²) in [6, 6.07) is 8.91. The van der Waals surface area contributed by atoms with E-state index in [0.29, 0.717) is 5.56 Å². The van der Waals surface area contributed by atoms with Gasteiger partial charge in [-0.3, -0.25) is 24.1 Å². The van der Waals surface area contributed by atoms with Gasteiger partial charge in [0, 0.05) is 23.2 Å². The fraction of sp³-hybridized carbons (Fsp3) is 0.158. The molecule has 27 heavy (non-hydrogen) atoms. The molecule has 0 aliphatic heterocycles. The van der Waals surface area contributed by atoms with Crippen LogP contribution in [0.1, 0.15) is 37.4 Å². The van der Waals surface area contributed by atoms with Crippen LogP contribution in [0.5, 0.6) is 5.75 Å². The average molecular weight is 369 g/mol. The Labute approximate surface area is 153 Å². The molecule has 8 nitrogen and oxygen atoms in total. The number of rotatable bonds is 6. The predicted molar refractivity (Wildman–Crippen MR) is 92.0 cm³/mol. The Morgan fingerprint density at radius 3 is 1.96 bits per heavy atom. The number of carbonyl (C=O) groups excluding carboxylic acids is 2. The van der Waals surface area contributed by atoms with Gasteiger partial charge in [0.15, 0.2) is 11.6 Å². The van der Waals surface area contributed by atoms with Gasteiger partial charge in [-0.1, -0.05) is 24.3 Å². The number of carboxylic acid groups (broad SMARTS) is 2. The lowest BCUT2D eigenvalue weighted by atomic mass is 9.83. The molecule has 0 unspecified atom stereocenters. The normalized spacial score (nSPS) is 12.6. The molecule has 0 fully saturated rings. The highest BCUT2D eigenvalue weighted by atomic mass is 16.4. The van der Waals surface area contributed by atoms with E-state index < -0.39 is 42.3 Å². The van der Waals surface area contributed by atoms with Gasteiger partial charge in [0.2, 0.25) is 0 Å². The molecule has 0 amide bonds. The van der Waals surface area contributed by atoms with Crippen molar-refractivity contribution < 1.29 is 34.5 Å². The molecule has 3 rings (SSSR count). The smallest absolute Gasteiger partial charge is 0.317 e. The molecular formula is C19H15NO7. The van der Waals surface area contributed by atoms with E-state index in [0.717, 1.165) is 4.90 Å². The monoisotopic (exact) mass is 369 g/mol. The summed E-state index contributed by atoms with van der Waals surface area (Å²) in [4.78, 5) is 48.3. The summed E-state index contributed by atoms with van der Waals surface area (Å²) in [7, 11) is 0. The third-order valence-electron chi connectivity index (χ3n) is 4.19. The Kier molecular flexibility index (Phi) is 4.74. The molecule has 0 saturated heterocycles. The van der Waals surface area contributed by atoms with Crippen LogP contribution in [0.25, 0.3) is 0 Å². The SMILES string of the molecule is O=C(O)CN(CC(=O)O)Cc1cc(O)c2c(c1)C(=O)c1ccccc1C2=O. The lowest BCUT2D eigenvalue weighted by Gasteiger charge is -2.22. The van der Waals surface area contributed by atoms with Crippen molar-refractivity contribution in [3.63, 3.8) is 0 Å². The summed E-state index contributed by atoms with van der Waals surface area (Å²) < 4.78 is 0. The first-order valence-electron chi connectivity index (χ1n) is 7.98. The van der Waals surface area contributed by atoms with Crippen LogP contribution < -0.4 is 0 Å². The average Bonchev–Trinajstić information content (AvgIpc) is 2.58. The number of carbonyl (C=O) groups is 4. The molecule has 0 heterocycles. The van der Waals surface area contributed by atoms with E-state index >= 15 is 0 Å². The van der Waals surface area contributed by atoms with Crippen LogP contribution in [-0.2, 0) is 16.1 Å². The van der Waals surface area contributed by atoms with Crippen LogP contribution in [-0.4, -0.2) is 56.8 Å². The Morgan fingerprint density at radius 1 is 0.852 bits per heavy atom. The van der Waals surface area contributed by atoms with Crippen LogP contribution >= 0.6 is 0 Å². The number of carboxylic acids is 2. The number of benzene rings is 2. The van der Waals surface area contributed by atoms with E-state index in [4.69, 9.17) is 10.2 Å². The van der Waals surface area contributed by atoms with Crippen LogP contribution in [0.2, 0.25) is 0 Å². The largest absolute Gasteiger partial charge is 0.507 e. The van der Waals surface area contributed by atoms with Crippen molar-refractivity contribution in [3.05, 3.63) is 64.2 Å². The lowest BCUT2D eigenvalue weighted by molar-refractivity contribution is -0.142. The van der Waals surface area contributed by atoms with E-state index in [1.54, 1.807) is 12.1 Å². The Balaban J connectivity index is 2.00. The number of hydrogen-bond acceptors (Lipinski definition) is 6. The van der Waals surface area contributed by atoms with E-state index in [-0.39, 0.29) is 28.8 Å². The molecule has 138 valence electrons. The third kappa shape index (κ3) is 3.56. The summed E-state index contributed by atoms with van der Waals surface area (Å²) >= 11 is 0. The Morgan fingerprint density at radius 2 is 1.41 bits per heavy atom. The molecule has 2 aromatic carbocycles. The first kappa shape index (κ1) is 18.3. The summed E-state index contributed by atoms with van der Waals surface area (Å²) in [6.45, 7) is -1.18. The quantitative estimate of drug-likeness (QED) is 0.589. The lowest BCUT2D eigenvalue weighted by Crippen LogP contribution is -2.34. The fourth-order valence-corrected chi connectivity index (χ4v) is 3.16. The summed E-state index contributed by atoms with van der Waals surface area (Å²) in [5.41, 5.74) is 0.662. The second kappa shape index (κ2) is 7.00. The number of ketones is 2. The number of aliphatic carboxylic acids is 2. The fourth-order valence-electron chi connectivity index (χ4n) is 3.16. The third-order valence-corrected chi connectivity index (χ3v) is 4.19. The zero-order valence-electron chi connectivity index (χ0n) is 14.0. The minimum Gasteiger partial charge on any atom is -0.507 e. The second-order valence-corrected chi connectivity index (χ2v) is 6.17. The van der Waals surface area contributed by atoms with Crippen molar-refractivity contribution in [2.45, 2.75) is 6.54 Å². The topological polar surface area (TPSA) is 132 Å². The highest BCUT2D eigenvalue weighted by Gasteiger charge is 2.32. The molecule has 0 aromatic heterocycles. The molecule has 0 radical (unpaired) electrons. The number of hydrogen-bond donors (Lipinski definition) is 3. The van der Waals surface area contributed by atoms with Gasteiger partial charge in [0.25, 0.3) is 0 Å².